The number of carbonyl (C=O) groups excluding carboxylic acids is 2. The Bertz CT molecular complexity index is 746. The molecule has 0 aromatic heterocycles. The number of carbonyl (C=O) groups is 2. The zero-order valence-corrected chi connectivity index (χ0v) is 20.2. The topological polar surface area (TPSA) is 67.9 Å². The highest BCUT2D eigenvalue weighted by atomic mass is 28.4. The van der Waals surface area contributed by atoms with Crippen LogP contribution < -0.4 is 5.32 Å². The maximum absolute atomic E-state index is 12.6. The third-order valence-corrected chi connectivity index (χ3v) is 13.1. The fourth-order valence-corrected chi connectivity index (χ4v) is 11.2. The van der Waals surface area contributed by atoms with Gasteiger partial charge in [-0.05, 0) is 29.1 Å². The minimum Gasteiger partial charge on any atom is -0.447 e. The summed E-state index contributed by atoms with van der Waals surface area (Å²) in [4.78, 5) is 26.8. The average Bonchev–Trinajstić information content (AvgIpc) is 3.04. The summed E-state index contributed by atoms with van der Waals surface area (Å²) < 4.78 is 12.2. The first kappa shape index (κ1) is 22.8. The molecule has 2 aliphatic heterocycles. The van der Waals surface area contributed by atoms with Crippen molar-refractivity contribution < 1.29 is 18.8 Å². The normalized spacial score (nSPS) is 25.5. The number of hydrogen-bond acceptors (Lipinski definition) is 4. The van der Waals surface area contributed by atoms with Crippen LogP contribution in [0.2, 0.25) is 16.6 Å². The first-order valence-electron chi connectivity index (χ1n) is 11.1. The van der Waals surface area contributed by atoms with Crippen molar-refractivity contribution >= 4 is 20.3 Å². The van der Waals surface area contributed by atoms with Crippen molar-refractivity contribution in [3.63, 3.8) is 0 Å². The summed E-state index contributed by atoms with van der Waals surface area (Å²) in [5, 5.41) is 3.01. The van der Waals surface area contributed by atoms with Gasteiger partial charge in [-0.3, -0.25) is 9.69 Å². The highest BCUT2D eigenvalue weighted by molar-refractivity contribution is 6.77. The molecule has 1 aromatic carbocycles. The monoisotopic (exact) mass is 432 g/mol. The summed E-state index contributed by atoms with van der Waals surface area (Å²) in [6, 6.07) is 8.69. The van der Waals surface area contributed by atoms with Gasteiger partial charge < -0.3 is 14.5 Å². The van der Waals surface area contributed by atoms with E-state index in [2.05, 4.69) is 46.9 Å². The number of ether oxygens (including phenoxy) is 1. The van der Waals surface area contributed by atoms with Gasteiger partial charge in [-0.2, -0.15) is 0 Å². The van der Waals surface area contributed by atoms with Crippen molar-refractivity contribution in [3.8, 4) is 0 Å². The van der Waals surface area contributed by atoms with E-state index >= 15 is 0 Å². The fraction of sp³-hybridized carbons (Fsp3) is 0.652. The van der Waals surface area contributed by atoms with E-state index in [-0.39, 0.29) is 30.7 Å². The van der Waals surface area contributed by atoms with Crippen molar-refractivity contribution in [2.24, 2.45) is 0 Å². The molecular formula is C23H36N2O4Si. The molecule has 7 heteroatoms. The Balaban J connectivity index is 1.85. The summed E-state index contributed by atoms with van der Waals surface area (Å²) in [6.45, 7) is 15.8. The molecule has 4 atom stereocenters. The molecule has 0 bridgehead atoms. The van der Waals surface area contributed by atoms with Gasteiger partial charge in [-0.15, -0.1) is 0 Å². The first-order chi connectivity index (χ1) is 14.1. The van der Waals surface area contributed by atoms with E-state index in [1.165, 1.54) is 0 Å². The number of nitrogens with one attached hydrogen (secondary N) is 1. The number of β-lactam (4-membered cyclic amide) rings is 1. The van der Waals surface area contributed by atoms with Crippen molar-refractivity contribution in [2.75, 3.05) is 6.61 Å². The van der Waals surface area contributed by atoms with Gasteiger partial charge in [0.15, 0.2) is 0 Å². The number of nitrogens with zero attached hydrogens (tertiary/aromatic N) is 1. The number of rotatable bonds is 8. The van der Waals surface area contributed by atoms with E-state index in [0.29, 0.717) is 16.6 Å². The Morgan fingerprint density at radius 2 is 1.57 bits per heavy atom. The Hall–Kier alpha value is -1.86. The summed E-state index contributed by atoms with van der Waals surface area (Å²) >= 11 is 0. The maximum atomic E-state index is 12.6. The van der Waals surface area contributed by atoms with E-state index in [9.17, 15) is 9.59 Å². The van der Waals surface area contributed by atoms with Crippen LogP contribution in [0.4, 0.5) is 4.79 Å². The standard InChI is InChI=1S/C23H36N2O4Si/c1-14(2)30(15(3)4,16(5)6)29-17(7)20-21(22(26)24-20)25-19(13-28-23(25)27)18-11-9-8-10-12-18/h8-12,14-17,19-21H,13H2,1-7H3,(H,24,26)/t17-,19+,20-,21+/m0/s1. The van der Waals surface area contributed by atoms with Crippen LogP contribution in [0.3, 0.4) is 0 Å². The molecule has 6 nitrogen and oxygen atoms in total. The van der Waals surface area contributed by atoms with Crippen molar-refractivity contribution in [3.05, 3.63) is 35.9 Å². The first-order valence-corrected chi connectivity index (χ1v) is 13.2. The van der Waals surface area contributed by atoms with E-state index < -0.39 is 20.5 Å². The maximum Gasteiger partial charge on any atom is 0.411 e. The van der Waals surface area contributed by atoms with Crippen molar-refractivity contribution in [1.82, 2.24) is 10.2 Å². The molecule has 2 amide bonds. The van der Waals surface area contributed by atoms with Gasteiger partial charge in [0, 0.05) is 0 Å². The smallest absolute Gasteiger partial charge is 0.411 e. The van der Waals surface area contributed by atoms with Gasteiger partial charge in [0.05, 0.1) is 18.2 Å². The lowest BCUT2D eigenvalue weighted by Gasteiger charge is -2.50. The lowest BCUT2D eigenvalue weighted by atomic mass is 9.91. The zero-order chi connectivity index (χ0) is 22.2. The van der Waals surface area contributed by atoms with Gasteiger partial charge >= 0.3 is 6.09 Å². The summed E-state index contributed by atoms with van der Waals surface area (Å²) in [6.07, 6.45) is -0.614. The minimum absolute atomic E-state index is 0.138. The van der Waals surface area contributed by atoms with Crippen LogP contribution in [-0.4, -0.2) is 50.0 Å². The second kappa shape index (κ2) is 8.71. The summed E-state index contributed by atoms with van der Waals surface area (Å²) in [7, 11) is -2.11. The van der Waals surface area contributed by atoms with Gasteiger partial charge in [0.1, 0.15) is 12.6 Å². The van der Waals surface area contributed by atoms with Crippen LogP contribution in [0.1, 0.15) is 60.1 Å². The molecule has 0 radical (unpaired) electrons. The van der Waals surface area contributed by atoms with Crippen molar-refractivity contribution in [1.29, 1.82) is 0 Å². The summed E-state index contributed by atoms with van der Waals surface area (Å²) in [5.74, 6) is -0.138. The molecule has 3 rings (SSSR count). The molecule has 0 aliphatic carbocycles. The molecule has 0 spiro atoms. The van der Waals surface area contributed by atoms with E-state index in [0.717, 1.165) is 5.56 Å². The molecule has 2 saturated heterocycles. The Kier molecular flexibility index (Phi) is 6.62. The fourth-order valence-electron chi connectivity index (χ4n) is 5.54. The van der Waals surface area contributed by atoms with Crippen molar-refractivity contribution in [2.45, 2.75) is 89.3 Å². The second-order valence-electron chi connectivity index (χ2n) is 9.53. The third kappa shape index (κ3) is 3.78. The molecule has 2 heterocycles. The number of benzene rings is 1. The quantitative estimate of drug-likeness (QED) is 0.480. The Morgan fingerprint density at radius 1 is 1.00 bits per heavy atom. The van der Waals surface area contributed by atoms with Crippen LogP contribution in [-0.2, 0) is 14.0 Å². The number of amides is 2. The molecular weight excluding hydrogens is 396 g/mol. The molecule has 166 valence electrons. The van der Waals surface area contributed by atoms with Crippen LogP contribution in [0, 0.1) is 0 Å². The molecule has 1 N–H and O–H groups in total. The van der Waals surface area contributed by atoms with E-state index in [1.54, 1.807) is 4.90 Å². The number of hydrogen-bond donors (Lipinski definition) is 1. The molecule has 1 aromatic rings. The van der Waals surface area contributed by atoms with Gasteiger partial charge in [0.25, 0.3) is 0 Å². The highest BCUT2D eigenvalue weighted by Crippen LogP contribution is 2.44. The molecule has 0 unspecified atom stereocenters. The Morgan fingerprint density at radius 3 is 2.07 bits per heavy atom. The SMILES string of the molecule is CC(C)[Si](O[C@@H](C)[C@@H]1NC(=O)[C@@H]1N1C(=O)OC[C@@H]1c1ccccc1)(C(C)C)C(C)C. The Labute approximate surface area is 181 Å². The van der Waals surface area contributed by atoms with Gasteiger partial charge in [0.2, 0.25) is 14.2 Å². The van der Waals surface area contributed by atoms with Gasteiger partial charge in [-0.25, -0.2) is 4.79 Å². The largest absolute Gasteiger partial charge is 0.447 e. The molecule has 2 fully saturated rings. The number of cyclic esters (lactones) is 1. The van der Waals surface area contributed by atoms with Gasteiger partial charge in [-0.1, -0.05) is 71.9 Å². The highest BCUT2D eigenvalue weighted by Gasteiger charge is 2.55. The van der Waals surface area contributed by atoms with Crippen LogP contribution in [0.5, 0.6) is 0 Å². The minimum atomic E-state index is -2.11. The third-order valence-electron chi connectivity index (χ3n) is 6.92. The molecule has 0 saturated carbocycles. The van der Waals surface area contributed by atoms with E-state index in [1.807, 2.05) is 37.3 Å². The predicted molar refractivity (Wildman–Crippen MR) is 120 cm³/mol. The lowest BCUT2D eigenvalue weighted by Crippen LogP contribution is -2.74. The van der Waals surface area contributed by atoms with Crippen LogP contribution in [0.15, 0.2) is 30.3 Å². The van der Waals surface area contributed by atoms with Crippen LogP contribution >= 0.6 is 0 Å². The second-order valence-corrected chi connectivity index (χ2v) is 14.9. The zero-order valence-electron chi connectivity index (χ0n) is 19.2. The summed E-state index contributed by atoms with van der Waals surface area (Å²) in [5.41, 5.74) is 2.32. The van der Waals surface area contributed by atoms with E-state index in [4.69, 9.17) is 9.16 Å². The molecule has 2 aliphatic rings. The molecule has 30 heavy (non-hydrogen) atoms. The average molecular weight is 433 g/mol. The lowest BCUT2D eigenvalue weighted by molar-refractivity contribution is -0.139. The van der Waals surface area contributed by atoms with Crippen LogP contribution in [0.25, 0.3) is 0 Å². The predicted octanol–water partition coefficient (Wildman–Crippen LogP) is 4.63.